The number of allylic oxidation sites excluding steroid dienone is 2. The molecule has 0 aromatic heterocycles. The third-order valence-corrected chi connectivity index (χ3v) is 8.87. The minimum absolute atomic E-state index is 0.370. The molecule has 1 atom stereocenters. The lowest BCUT2D eigenvalue weighted by Crippen LogP contribution is -2.24. The molecule has 3 aliphatic rings. The smallest absolute Gasteiger partial charge is 0.0722 e. The van der Waals surface area contributed by atoms with E-state index in [0.29, 0.717) is 24.1 Å². The van der Waals surface area contributed by atoms with Crippen LogP contribution in [0.1, 0.15) is 102 Å². The molecule has 3 heteroatoms. The van der Waals surface area contributed by atoms with Crippen molar-refractivity contribution in [2.45, 2.75) is 110 Å². The molecule has 0 bridgehead atoms. The molecule has 3 saturated carbocycles. The van der Waals surface area contributed by atoms with Crippen LogP contribution < -0.4 is 11.5 Å². The molecule has 0 spiro atoms. The van der Waals surface area contributed by atoms with Crippen molar-refractivity contribution >= 4 is 11.4 Å². The van der Waals surface area contributed by atoms with E-state index in [9.17, 15) is 0 Å². The number of rotatable bonds is 8. The van der Waals surface area contributed by atoms with E-state index in [-0.39, 0.29) is 0 Å². The van der Waals surface area contributed by atoms with Gasteiger partial charge in [0, 0.05) is 11.4 Å². The monoisotopic (exact) mass is 452 g/mol. The van der Waals surface area contributed by atoms with Crippen molar-refractivity contribution in [1.82, 2.24) is 0 Å². The molecule has 3 nitrogen and oxygen atoms in total. The lowest BCUT2D eigenvalue weighted by molar-refractivity contribution is 0.0110. The molecule has 3 aliphatic carbocycles. The summed E-state index contributed by atoms with van der Waals surface area (Å²) in [6.07, 6.45) is 25.2. The van der Waals surface area contributed by atoms with Crippen LogP contribution in [0.15, 0.2) is 30.4 Å². The van der Waals surface area contributed by atoms with Crippen LogP contribution in [0.4, 0.5) is 11.4 Å². The molecular weight excluding hydrogens is 404 g/mol. The number of anilines is 2. The summed E-state index contributed by atoms with van der Waals surface area (Å²) < 4.78 is 6.17. The predicted molar refractivity (Wildman–Crippen MR) is 141 cm³/mol. The lowest BCUT2D eigenvalue weighted by Gasteiger charge is -2.36. The first-order valence-corrected chi connectivity index (χ1v) is 14.0. The maximum atomic E-state index is 6.17. The Morgan fingerprint density at radius 3 is 2.12 bits per heavy atom. The Balaban J connectivity index is 1.11. The standard InChI is InChI=1S/C30H48N2O/c1-22(17-24-9-13-27(14-10-24)26-5-3-2-4-6-26)7-8-23-11-15-30(16-12-23)33-21-25-18-28(31)20-29(32)19-25/h7-8,18-20,22-24,26-27,30H,2-6,9-17,21,31-32H2,1H3/b8-7+. The van der Waals surface area contributed by atoms with Crippen molar-refractivity contribution in [3.05, 3.63) is 35.9 Å². The number of hydrogen-bond donors (Lipinski definition) is 2. The summed E-state index contributed by atoms with van der Waals surface area (Å²) in [4.78, 5) is 0. The van der Waals surface area contributed by atoms with Crippen LogP contribution in [0.2, 0.25) is 0 Å². The van der Waals surface area contributed by atoms with Gasteiger partial charge in [-0.15, -0.1) is 0 Å². The Morgan fingerprint density at radius 2 is 1.45 bits per heavy atom. The highest BCUT2D eigenvalue weighted by atomic mass is 16.5. The largest absolute Gasteiger partial charge is 0.399 e. The Morgan fingerprint density at radius 1 is 0.818 bits per heavy atom. The second-order valence-corrected chi connectivity index (χ2v) is 11.6. The van der Waals surface area contributed by atoms with Crippen LogP contribution in [0.5, 0.6) is 0 Å². The molecule has 0 amide bonds. The topological polar surface area (TPSA) is 61.3 Å². The van der Waals surface area contributed by atoms with Crippen LogP contribution in [0.25, 0.3) is 0 Å². The van der Waals surface area contributed by atoms with Gasteiger partial charge >= 0.3 is 0 Å². The van der Waals surface area contributed by atoms with Gasteiger partial charge in [-0.2, -0.15) is 0 Å². The fourth-order valence-electron chi connectivity index (χ4n) is 6.94. The Bertz CT molecular complexity index is 717. The maximum Gasteiger partial charge on any atom is 0.0722 e. The van der Waals surface area contributed by atoms with E-state index < -0.39 is 0 Å². The van der Waals surface area contributed by atoms with Crippen LogP contribution in [-0.4, -0.2) is 6.10 Å². The molecule has 0 heterocycles. The van der Waals surface area contributed by atoms with Gasteiger partial charge < -0.3 is 16.2 Å². The van der Waals surface area contributed by atoms with Crippen LogP contribution in [0.3, 0.4) is 0 Å². The molecule has 3 fully saturated rings. The summed E-state index contributed by atoms with van der Waals surface area (Å²) in [7, 11) is 0. The first-order valence-electron chi connectivity index (χ1n) is 14.0. The van der Waals surface area contributed by atoms with Gasteiger partial charge in [-0.3, -0.25) is 0 Å². The quantitative estimate of drug-likeness (QED) is 0.311. The van der Waals surface area contributed by atoms with Gasteiger partial charge in [-0.05, 0) is 98.3 Å². The summed E-state index contributed by atoms with van der Waals surface area (Å²) in [5.74, 6) is 4.55. The summed E-state index contributed by atoms with van der Waals surface area (Å²) in [6, 6.07) is 5.73. The molecule has 0 radical (unpaired) electrons. The highest BCUT2D eigenvalue weighted by Crippen LogP contribution is 2.41. The van der Waals surface area contributed by atoms with E-state index in [1.54, 1.807) is 6.07 Å². The number of nitrogens with two attached hydrogens (primary N) is 2. The SMILES string of the molecule is CC(/C=C/C1CCC(OCc2cc(N)cc(N)c2)CC1)CC1CCC(C2CCCCC2)CC1. The van der Waals surface area contributed by atoms with Crippen molar-refractivity contribution in [3.8, 4) is 0 Å². The molecule has 0 aliphatic heterocycles. The molecule has 1 aromatic rings. The number of benzene rings is 1. The van der Waals surface area contributed by atoms with Gasteiger partial charge in [0.25, 0.3) is 0 Å². The van der Waals surface area contributed by atoms with Crippen molar-refractivity contribution in [2.24, 2.45) is 29.6 Å². The number of nitrogen functional groups attached to an aromatic ring is 2. The second-order valence-electron chi connectivity index (χ2n) is 11.6. The zero-order valence-electron chi connectivity index (χ0n) is 21.0. The average molecular weight is 453 g/mol. The Labute approximate surface area is 202 Å². The number of ether oxygens (including phenoxy) is 1. The minimum atomic E-state index is 0.370. The first-order chi connectivity index (χ1) is 16.0. The van der Waals surface area contributed by atoms with Crippen LogP contribution in [0, 0.1) is 29.6 Å². The van der Waals surface area contributed by atoms with E-state index >= 15 is 0 Å². The molecule has 1 aromatic carbocycles. The van der Waals surface area contributed by atoms with Crippen LogP contribution in [-0.2, 0) is 11.3 Å². The number of hydrogen-bond acceptors (Lipinski definition) is 3. The van der Waals surface area contributed by atoms with Gasteiger partial charge in [0.2, 0.25) is 0 Å². The first kappa shape index (κ1) is 24.6. The fourth-order valence-corrected chi connectivity index (χ4v) is 6.94. The third kappa shape index (κ3) is 7.77. The van der Waals surface area contributed by atoms with Crippen molar-refractivity contribution in [1.29, 1.82) is 0 Å². The molecule has 1 unspecified atom stereocenters. The zero-order valence-corrected chi connectivity index (χ0v) is 21.0. The van der Waals surface area contributed by atoms with Gasteiger partial charge in [-0.1, -0.05) is 64.0 Å². The van der Waals surface area contributed by atoms with Gasteiger partial charge in [0.05, 0.1) is 12.7 Å². The lowest BCUT2D eigenvalue weighted by atomic mass is 9.70. The van der Waals surface area contributed by atoms with Crippen molar-refractivity contribution in [3.63, 3.8) is 0 Å². The Hall–Kier alpha value is -1.48. The van der Waals surface area contributed by atoms with Crippen molar-refractivity contribution in [2.75, 3.05) is 11.5 Å². The highest BCUT2D eigenvalue weighted by molar-refractivity contribution is 5.54. The second kappa shape index (κ2) is 12.3. The van der Waals surface area contributed by atoms with E-state index in [4.69, 9.17) is 16.2 Å². The average Bonchev–Trinajstić information content (AvgIpc) is 2.82. The zero-order chi connectivity index (χ0) is 23.0. The third-order valence-electron chi connectivity index (χ3n) is 8.87. The Kier molecular flexibility index (Phi) is 9.18. The summed E-state index contributed by atoms with van der Waals surface area (Å²) in [6.45, 7) is 3.05. The molecule has 33 heavy (non-hydrogen) atoms. The van der Waals surface area contributed by atoms with Crippen molar-refractivity contribution < 1.29 is 4.74 Å². The molecule has 4 rings (SSSR count). The maximum absolute atomic E-state index is 6.17. The van der Waals surface area contributed by atoms with E-state index in [1.165, 1.54) is 77.0 Å². The fraction of sp³-hybridized carbons (Fsp3) is 0.733. The van der Waals surface area contributed by atoms with Gasteiger partial charge in [0.1, 0.15) is 0 Å². The molecule has 184 valence electrons. The summed E-state index contributed by atoms with van der Waals surface area (Å²) in [5.41, 5.74) is 14.3. The minimum Gasteiger partial charge on any atom is -0.399 e. The molecular formula is C30H48N2O. The summed E-state index contributed by atoms with van der Waals surface area (Å²) >= 11 is 0. The predicted octanol–water partition coefficient (Wildman–Crippen LogP) is 7.90. The van der Waals surface area contributed by atoms with Crippen LogP contribution >= 0.6 is 0 Å². The van der Waals surface area contributed by atoms with Gasteiger partial charge in [0.15, 0.2) is 0 Å². The van der Waals surface area contributed by atoms with E-state index in [2.05, 4.69) is 19.1 Å². The van der Waals surface area contributed by atoms with E-state index in [0.717, 1.165) is 48.0 Å². The highest BCUT2D eigenvalue weighted by Gasteiger charge is 2.29. The normalized spacial score (nSPS) is 30.5. The molecule has 0 saturated heterocycles. The molecule has 4 N–H and O–H groups in total. The van der Waals surface area contributed by atoms with E-state index in [1.807, 2.05) is 12.1 Å². The van der Waals surface area contributed by atoms with Gasteiger partial charge in [-0.25, -0.2) is 0 Å². The summed E-state index contributed by atoms with van der Waals surface area (Å²) in [5, 5.41) is 0.